The zero-order valence-corrected chi connectivity index (χ0v) is 13.4. The molecule has 1 N–H and O–H groups in total. The quantitative estimate of drug-likeness (QED) is 0.889. The van der Waals surface area contributed by atoms with Crippen molar-refractivity contribution in [2.75, 3.05) is 7.05 Å². The van der Waals surface area contributed by atoms with Crippen molar-refractivity contribution in [1.29, 1.82) is 0 Å². The predicted octanol–water partition coefficient (Wildman–Crippen LogP) is 4.02. The number of nitrogens with zero attached hydrogens (tertiary/aromatic N) is 2. The van der Waals surface area contributed by atoms with E-state index in [0.29, 0.717) is 0 Å². The standard InChI is InChI=1S/C14H17BrClN3/c1-3-8-19-14(12(15)9-18-19)13(17-2)10-4-6-11(16)7-5-10/h4-7,9,13,17H,3,8H2,1-2H3. The van der Waals surface area contributed by atoms with E-state index >= 15 is 0 Å². The maximum Gasteiger partial charge on any atom is 0.0757 e. The Bertz CT molecular complexity index is 536. The van der Waals surface area contributed by atoms with Gasteiger partial charge in [0.15, 0.2) is 0 Å². The minimum absolute atomic E-state index is 0.0979. The van der Waals surface area contributed by atoms with Crippen molar-refractivity contribution in [3.8, 4) is 0 Å². The average molecular weight is 343 g/mol. The summed E-state index contributed by atoms with van der Waals surface area (Å²) in [6, 6.07) is 8.00. The van der Waals surface area contributed by atoms with E-state index in [9.17, 15) is 0 Å². The zero-order chi connectivity index (χ0) is 13.8. The van der Waals surface area contributed by atoms with Gasteiger partial charge in [0.25, 0.3) is 0 Å². The first-order valence-corrected chi connectivity index (χ1v) is 7.48. The predicted molar refractivity (Wildman–Crippen MR) is 82.6 cm³/mol. The lowest BCUT2D eigenvalue weighted by atomic mass is 10.0. The number of rotatable bonds is 5. The summed E-state index contributed by atoms with van der Waals surface area (Å²) in [5.74, 6) is 0. The molecular formula is C14H17BrClN3. The van der Waals surface area contributed by atoms with Crippen LogP contribution in [0.15, 0.2) is 34.9 Å². The number of hydrogen-bond donors (Lipinski definition) is 1. The van der Waals surface area contributed by atoms with Gasteiger partial charge < -0.3 is 5.32 Å². The Hall–Kier alpha value is -0.840. The van der Waals surface area contributed by atoms with Crippen molar-refractivity contribution in [2.45, 2.75) is 25.9 Å². The van der Waals surface area contributed by atoms with Crippen LogP contribution in [0.3, 0.4) is 0 Å². The molecule has 5 heteroatoms. The summed E-state index contributed by atoms with van der Waals surface area (Å²) >= 11 is 9.54. The molecule has 1 aromatic heterocycles. The molecule has 1 heterocycles. The molecule has 0 aliphatic carbocycles. The lowest BCUT2D eigenvalue weighted by Gasteiger charge is -2.19. The highest BCUT2D eigenvalue weighted by atomic mass is 79.9. The van der Waals surface area contributed by atoms with E-state index in [1.54, 1.807) is 0 Å². The normalized spacial score (nSPS) is 12.6. The number of hydrogen-bond acceptors (Lipinski definition) is 2. The summed E-state index contributed by atoms with van der Waals surface area (Å²) in [5, 5.41) is 8.52. The van der Waals surface area contributed by atoms with Gasteiger partial charge in [0.05, 0.1) is 22.4 Å². The largest absolute Gasteiger partial charge is 0.308 e. The smallest absolute Gasteiger partial charge is 0.0757 e. The van der Waals surface area contributed by atoms with E-state index in [2.05, 4.69) is 33.3 Å². The fraction of sp³-hybridized carbons (Fsp3) is 0.357. The fourth-order valence-electron chi connectivity index (χ4n) is 2.17. The van der Waals surface area contributed by atoms with E-state index in [-0.39, 0.29) is 6.04 Å². The van der Waals surface area contributed by atoms with Crippen molar-refractivity contribution >= 4 is 27.5 Å². The first kappa shape index (κ1) is 14.6. The van der Waals surface area contributed by atoms with Gasteiger partial charge in [-0.25, -0.2) is 0 Å². The van der Waals surface area contributed by atoms with Crippen LogP contribution in [0.1, 0.15) is 30.6 Å². The molecule has 0 saturated carbocycles. The van der Waals surface area contributed by atoms with Crippen molar-refractivity contribution in [1.82, 2.24) is 15.1 Å². The molecular weight excluding hydrogens is 326 g/mol. The molecule has 1 unspecified atom stereocenters. The highest BCUT2D eigenvalue weighted by Gasteiger charge is 2.20. The van der Waals surface area contributed by atoms with Crippen LogP contribution < -0.4 is 5.32 Å². The van der Waals surface area contributed by atoms with Gasteiger partial charge in [0.1, 0.15) is 0 Å². The van der Waals surface area contributed by atoms with E-state index in [0.717, 1.165) is 28.2 Å². The molecule has 0 bridgehead atoms. The molecule has 2 aromatic rings. The summed E-state index contributed by atoms with van der Waals surface area (Å²) in [6.07, 6.45) is 2.91. The summed E-state index contributed by atoms with van der Waals surface area (Å²) < 4.78 is 3.06. The molecule has 0 fully saturated rings. The zero-order valence-electron chi connectivity index (χ0n) is 11.0. The van der Waals surface area contributed by atoms with E-state index in [1.165, 1.54) is 5.56 Å². The Morgan fingerprint density at radius 3 is 2.63 bits per heavy atom. The van der Waals surface area contributed by atoms with E-state index < -0.39 is 0 Å². The van der Waals surface area contributed by atoms with Gasteiger partial charge >= 0.3 is 0 Å². The van der Waals surface area contributed by atoms with Gasteiger partial charge in [0, 0.05) is 11.6 Å². The lowest BCUT2D eigenvalue weighted by molar-refractivity contribution is 0.533. The van der Waals surface area contributed by atoms with Crippen LogP contribution in [-0.2, 0) is 6.54 Å². The number of aryl methyl sites for hydroxylation is 1. The van der Waals surface area contributed by atoms with Crippen LogP contribution in [0.5, 0.6) is 0 Å². The topological polar surface area (TPSA) is 29.9 Å². The van der Waals surface area contributed by atoms with Crippen LogP contribution in [0.25, 0.3) is 0 Å². The molecule has 0 aliphatic rings. The Labute approximate surface area is 127 Å². The molecule has 0 spiro atoms. The highest BCUT2D eigenvalue weighted by Crippen LogP contribution is 2.29. The van der Waals surface area contributed by atoms with Crippen molar-refractivity contribution < 1.29 is 0 Å². The maximum absolute atomic E-state index is 5.95. The molecule has 19 heavy (non-hydrogen) atoms. The molecule has 102 valence electrons. The summed E-state index contributed by atoms with van der Waals surface area (Å²) in [5.41, 5.74) is 2.32. The molecule has 0 amide bonds. The Kier molecular flexibility index (Phi) is 5.02. The van der Waals surface area contributed by atoms with Crippen molar-refractivity contribution in [3.63, 3.8) is 0 Å². The molecule has 1 atom stereocenters. The third-order valence-electron chi connectivity index (χ3n) is 3.03. The lowest BCUT2D eigenvalue weighted by Crippen LogP contribution is -2.22. The maximum atomic E-state index is 5.95. The monoisotopic (exact) mass is 341 g/mol. The third-order valence-corrected chi connectivity index (χ3v) is 3.90. The second-order valence-electron chi connectivity index (χ2n) is 4.37. The van der Waals surface area contributed by atoms with Crippen molar-refractivity contribution in [2.24, 2.45) is 0 Å². The van der Waals surface area contributed by atoms with Gasteiger partial charge in [-0.15, -0.1) is 0 Å². The first-order chi connectivity index (χ1) is 9.17. The highest BCUT2D eigenvalue weighted by molar-refractivity contribution is 9.10. The number of benzene rings is 1. The first-order valence-electron chi connectivity index (χ1n) is 6.31. The molecule has 0 saturated heterocycles. The molecule has 1 aromatic carbocycles. The molecule has 0 radical (unpaired) electrons. The third kappa shape index (κ3) is 3.19. The number of aromatic nitrogens is 2. The Morgan fingerprint density at radius 2 is 2.05 bits per heavy atom. The van der Waals surface area contributed by atoms with Gasteiger partial charge in [-0.3, -0.25) is 4.68 Å². The summed E-state index contributed by atoms with van der Waals surface area (Å²) in [4.78, 5) is 0. The minimum Gasteiger partial charge on any atom is -0.308 e. The molecule has 3 nitrogen and oxygen atoms in total. The van der Waals surface area contributed by atoms with Crippen molar-refractivity contribution in [3.05, 3.63) is 51.2 Å². The second-order valence-corrected chi connectivity index (χ2v) is 5.66. The Morgan fingerprint density at radius 1 is 1.37 bits per heavy atom. The van der Waals surface area contributed by atoms with Gasteiger partial charge in [-0.05, 0) is 47.1 Å². The van der Waals surface area contributed by atoms with Gasteiger partial charge in [-0.2, -0.15) is 5.10 Å². The Balaban J connectivity index is 2.41. The molecule has 2 rings (SSSR count). The molecule has 0 aliphatic heterocycles. The fourth-order valence-corrected chi connectivity index (χ4v) is 2.82. The summed E-state index contributed by atoms with van der Waals surface area (Å²) in [6.45, 7) is 3.06. The van der Waals surface area contributed by atoms with Crippen LogP contribution >= 0.6 is 27.5 Å². The van der Waals surface area contributed by atoms with Crippen LogP contribution in [0.2, 0.25) is 5.02 Å². The SMILES string of the molecule is CCCn1ncc(Br)c1C(NC)c1ccc(Cl)cc1. The van der Waals surface area contributed by atoms with E-state index in [1.807, 2.05) is 42.2 Å². The van der Waals surface area contributed by atoms with Gasteiger partial charge in [-0.1, -0.05) is 30.7 Å². The second kappa shape index (κ2) is 6.55. The van der Waals surface area contributed by atoms with Gasteiger partial charge in [0.2, 0.25) is 0 Å². The average Bonchev–Trinajstić information content (AvgIpc) is 2.76. The number of halogens is 2. The minimum atomic E-state index is 0.0979. The van der Waals surface area contributed by atoms with E-state index in [4.69, 9.17) is 11.6 Å². The number of nitrogens with one attached hydrogen (secondary N) is 1. The van der Waals surface area contributed by atoms with Crippen LogP contribution in [-0.4, -0.2) is 16.8 Å². The van der Waals surface area contributed by atoms with Crippen LogP contribution in [0, 0.1) is 0 Å². The summed E-state index contributed by atoms with van der Waals surface area (Å²) in [7, 11) is 1.95. The van der Waals surface area contributed by atoms with Crippen LogP contribution in [0.4, 0.5) is 0 Å².